The van der Waals surface area contributed by atoms with Gasteiger partial charge in [-0.2, -0.15) is 0 Å². The first-order chi connectivity index (χ1) is 9.70. The molecule has 0 aromatic carbocycles. The minimum atomic E-state index is -0.446. The van der Waals surface area contributed by atoms with Crippen molar-refractivity contribution in [3.8, 4) is 0 Å². The Bertz CT molecular complexity index is 446. The summed E-state index contributed by atoms with van der Waals surface area (Å²) in [6.45, 7) is 0.716. The van der Waals surface area contributed by atoms with Crippen molar-refractivity contribution in [1.82, 2.24) is 0 Å². The van der Waals surface area contributed by atoms with E-state index in [0.717, 1.165) is 30.6 Å². The Morgan fingerprint density at radius 1 is 1.40 bits per heavy atom. The van der Waals surface area contributed by atoms with Gasteiger partial charge in [-0.3, -0.25) is 4.79 Å². The predicted octanol–water partition coefficient (Wildman–Crippen LogP) is 3.45. The second-order valence-electron chi connectivity index (χ2n) is 6.18. The SMILES string of the molecule is NC(C(=O)C1CCOC2(CCCCC2)C1)c1cccs1. The van der Waals surface area contributed by atoms with Crippen LogP contribution in [-0.2, 0) is 9.53 Å². The molecule has 3 nitrogen and oxygen atoms in total. The van der Waals surface area contributed by atoms with Crippen LogP contribution in [0.15, 0.2) is 17.5 Å². The molecule has 2 N–H and O–H groups in total. The molecule has 1 aliphatic carbocycles. The van der Waals surface area contributed by atoms with Crippen molar-refractivity contribution in [3.05, 3.63) is 22.4 Å². The fourth-order valence-corrected chi connectivity index (χ4v) is 4.41. The minimum absolute atomic E-state index is 0.0218. The molecule has 4 heteroatoms. The van der Waals surface area contributed by atoms with E-state index in [2.05, 4.69) is 0 Å². The monoisotopic (exact) mass is 293 g/mol. The van der Waals surface area contributed by atoms with Crippen molar-refractivity contribution < 1.29 is 9.53 Å². The van der Waals surface area contributed by atoms with E-state index >= 15 is 0 Å². The van der Waals surface area contributed by atoms with Crippen LogP contribution in [0.25, 0.3) is 0 Å². The molecule has 0 amide bonds. The van der Waals surface area contributed by atoms with E-state index in [9.17, 15) is 4.79 Å². The van der Waals surface area contributed by atoms with E-state index in [-0.39, 0.29) is 17.3 Å². The van der Waals surface area contributed by atoms with E-state index in [1.807, 2.05) is 17.5 Å². The molecule has 2 heterocycles. The molecular formula is C16H23NO2S. The summed E-state index contributed by atoms with van der Waals surface area (Å²) < 4.78 is 6.07. The van der Waals surface area contributed by atoms with Crippen molar-refractivity contribution in [3.63, 3.8) is 0 Å². The molecule has 2 aliphatic rings. The molecule has 1 saturated carbocycles. The molecule has 2 atom stereocenters. The smallest absolute Gasteiger partial charge is 0.158 e. The van der Waals surface area contributed by atoms with Gasteiger partial charge in [-0.05, 0) is 37.1 Å². The Balaban J connectivity index is 1.68. The van der Waals surface area contributed by atoms with Crippen LogP contribution in [0.1, 0.15) is 55.9 Å². The highest BCUT2D eigenvalue weighted by atomic mass is 32.1. The van der Waals surface area contributed by atoms with Gasteiger partial charge in [0.15, 0.2) is 5.78 Å². The zero-order valence-electron chi connectivity index (χ0n) is 11.8. The van der Waals surface area contributed by atoms with Gasteiger partial charge in [-0.25, -0.2) is 0 Å². The van der Waals surface area contributed by atoms with Crippen LogP contribution in [0.2, 0.25) is 0 Å². The summed E-state index contributed by atoms with van der Waals surface area (Å²) in [5, 5.41) is 1.98. The molecule has 1 saturated heterocycles. The molecule has 2 unspecified atom stereocenters. The van der Waals surface area contributed by atoms with Crippen molar-refractivity contribution in [2.24, 2.45) is 11.7 Å². The maximum Gasteiger partial charge on any atom is 0.158 e. The van der Waals surface area contributed by atoms with Crippen molar-refractivity contribution in [2.45, 2.75) is 56.6 Å². The highest BCUT2D eigenvalue weighted by Crippen LogP contribution is 2.41. The summed E-state index contributed by atoms with van der Waals surface area (Å²) in [5.74, 6) is 0.291. The molecule has 2 fully saturated rings. The van der Waals surface area contributed by atoms with Crippen LogP contribution in [0, 0.1) is 5.92 Å². The van der Waals surface area contributed by atoms with Crippen molar-refractivity contribution in [1.29, 1.82) is 0 Å². The quantitative estimate of drug-likeness (QED) is 0.928. The Labute approximate surface area is 124 Å². The molecule has 1 aromatic heterocycles. The minimum Gasteiger partial charge on any atom is -0.375 e. The number of hydrogen-bond donors (Lipinski definition) is 1. The lowest BCUT2D eigenvalue weighted by Crippen LogP contribution is -2.44. The van der Waals surface area contributed by atoms with Gasteiger partial charge >= 0.3 is 0 Å². The maximum atomic E-state index is 12.6. The van der Waals surface area contributed by atoms with Gasteiger partial charge in [0.25, 0.3) is 0 Å². The first-order valence-electron chi connectivity index (χ1n) is 7.67. The van der Waals surface area contributed by atoms with Gasteiger partial charge in [0, 0.05) is 17.4 Å². The normalized spacial score (nSPS) is 27.4. The van der Waals surface area contributed by atoms with E-state index in [0.29, 0.717) is 6.61 Å². The number of hydrogen-bond acceptors (Lipinski definition) is 4. The fourth-order valence-electron chi connectivity index (χ4n) is 3.68. The molecule has 0 radical (unpaired) electrons. The third-order valence-electron chi connectivity index (χ3n) is 4.82. The number of Topliss-reactive ketones (excluding diaryl/α,β-unsaturated/α-hetero) is 1. The van der Waals surface area contributed by atoms with E-state index in [1.54, 1.807) is 11.3 Å². The van der Waals surface area contributed by atoms with Gasteiger partial charge < -0.3 is 10.5 Å². The Kier molecular flexibility index (Phi) is 4.24. The summed E-state index contributed by atoms with van der Waals surface area (Å²) in [6.07, 6.45) is 7.72. The number of carbonyl (C=O) groups excluding carboxylic acids is 1. The third kappa shape index (κ3) is 2.83. The number of ether oxygens (including phenoxy) is 1. The van der Waals surface area contributed by atoms with Crippen LogP contribution in [0.3, 0.4) is 0 Å². The van der Waals surface area contributed by atoms with Crippen LogP contribution < -0.4 is 5.73 Å². The fraction of sp³-hybridized carbons (Fsp3) is 0.688. The summed E-state index contributed by atoms with van der Waals surface area (Å²) in [5.41, 5.74) is 6.13. The zero-order valence-corrected chi connectivity index (χ0v) is 12.7. The average molecular weight is 293 g/mol. The standard InChI is InChI=1S/C16H23NO2S/c17-14(13-5-4-10-20-13)15(18)12-6-9-19-16(11-12)7-2-1-3-8-16/h4-5,10,12,14H,1-3,6-9,11,17H2. The number of ketones is 1. The van der Waals surface area contributed by atoms with Gasteiger partial charge in [0.1, 0.15) is 0 Å². The van der Waals surface area contributed by atoms with Crippen LogP contribution in [0.4, 0.5) is 0 Å². The van der Waals surface area contributed by atoms with E-state index < -0.39 is 6.04 Å². The summed E-state index contributed by atoms with van der Waals surface area (Å²) in [7, 11) is 0. The number of thiophene rings is 1. The lowest BCUT2D eigenvalue weighted by molar-refractivity contribution is -0.144. The van der Waals surface area contributed by atoms with E-state index in [1.165, 1.54) is 19.3 Å². The lowest BCUT2D eigenvalue weighted by atomic mass is 9.74. The maximum absolute atomic E-state index is 12.6. The van der Waals surface area contributed by atoms with Crippen LogP contribution in [-0.4, -0.2) is 18.0 Å². The molecule has 3 rings (SSSR count). The van der Waals surface area contributed by atoms with Gasteiger partial charge in [0.2, 0.25) is 0 Å². The largest absolute Gasteiger partial charge is 0.375 e. The molecule has 110 valence electrons. The number of carbonyl (C=O) groups is 1. The molecular weight excluding hydrogens is 270 g/mol. The van der Waals surface area contributed by atoms with Crippen molar-refractivity contribution >= 4 is 17.1 Å². The molecule has 1 spiro atoms. The second kappa shape index (κ2) is 5.96. The van der Waals surface area contributed by atoms with E-state index in [4.69, 9.17) is 10.5 Å². The highest BCUT2D eigenvalue weighted by molar-refractivity contribution is 7.10. The lowest BCUT2D eigenvalue weighted by Gasteiger charge is -2.43. The highest BCUT2D eigenvalue weighted by Gasteiger charge is 2.41. The average Bonchev–Trinajstić information content (AvgIpc) is 3.01. The third-order valence-corrected chi connectivity index (χ3v) is 5.77. The topological polar surface area (TPSA) is 52.3 Å². The van der Waals surface area contributed by atoms with Crippen LogP contribution in [0.5, 0.6) is 0 Å². The molecule has 1 aliphatic heterocycles. The Morgan fingerprint density at radius 3 is 2.90 bits per heavy atom. The zero-order chi connectivity index (χ0) is 14.0. The summed E-state index contributed by atoms with van der Waals surface area (Å²) in [4.78, 5) is 13.6. The Hall–Kier alpha value is -0.710. The van der Waals surface area contributed by atoms with Gasteiger partial charge in [-0.15, -0.1) is 11.3 Å². The molecule has 0 bridgehead atoms. The summed E-state index contributed by atoms with van der Waals surface area (Å²) >= 11 is 1.57. The van der Waals surface area contributed by atoms with Gasteiger partial charge in [0.05, 0.1) is 11.6 Å². The van der Waals surface area contributed by atoms with Gasteiger partial charge in [-0.1, -0.05) is 25.3 Å². The second-order valence-corrected chi connectivity index (χ2v) is 7.16. The predicted molar refractivity (Wildman–Crippen MR) is 80.7 cm³/mol. The summed E-state index contributed by atoms with van der Waals surface area (Å²) in [6, 6.07) is 3.47. The first-order valence-corrected chi connectivity index (χ1v) is 8.55. The number of nitrogens with two attached hydrogens (primary N) is 1. The van der Waals surface area contributed by atoms with Crippen LogP contribution >= 0.6 is 11.3 Å². The molecule has 1 aromatic rings. The Morgan fingerprint density at radius 2 is 2.20 bits per heavy atom. The molecule has 20 heavy (non-hydrogen) atoms. The number of rotatable bonds is 3. The van der Waals surface area contributed by atoms with Crippen molar-refractivity contribution in [2.75, 3.05) is 6.61 Å². The first kappa shape index (κ1) is 14.2.